The molecule has 0 saturated heterocycles. The summed E-state index contributed by atoms with van der Waals surface area (Å²) in [6.45, 7) is 11.5. The van der Waals surface area contributed by atoms with Gasteiger partial charge in [0.25, 0.3) is 0 Å². The lowest BCUT2D eigenvalue weighted by molar-refractivity contribution is -0.121. The van der Waals surface area contributed by atoms with E-state index in [0.717, 1.165) is 36.7 Å². The van der Waals surface area contributed by atoms with Crippen LogP contribution in [0.2, 0.25) is 0 Å². The van der Waals surface area contributed by atoms with Crippen molar-refractivity contribution in [1.29, 1.82) is 0 Å². The topological polar surface area (TPSA) is 74.8 Å². The van der Waals surface area contributed by atoms with Crippen LogP contribution < -0.4 is 20.7 Å². The first kappa shape index (κ1) is 24.5. The lowest BCUT2D eigenvalue weighted by Gasteiger charge is -2.38. The molecule has 2 atom stereocenters. The molecule has 0 radical (unpaired) electrons. The fourth-order valence-electron chi connectivity index (χ4n) is 3.13. The van der Waals surface area contributed by atoms with Crippen molar-refractivity contribution in [1.82, 2.24) is 16.0 Å². The number of hydrogen-bond acceptors (Lipinski definition) is 3. The van der Waals surface area contributed by atoms with Crippen LogP contribution in [0.25, 0.3) is 0 Å². The molecule has 3 N–H and O–H groups in total. The average Bonchev–Trinajstić information content (AvgIpc) is 2.60. The summed E-state index contributed by atoms with van der Waals surface area (Å²) in [6.07, 6.45) is 2.15. The summed E-state index contributed by atoms with van der Waals surface area (Å²) >= 11 is 0. The molecule has 28 heavy (non-hydrogen) atoms. The molecule has 1 amide bonds. The van der Waals surface area contributed by atoms with Crippen molar-refractivity contribution in [3.05, 3.63) is 29.8 Å². The molecule has 1 aromatic rings. The van der Waals surface area contributed by atoms with E-state index in [-0.39, 0.29) is 47.6 Å². The maximum Gasteiger partial charge on any atom is 0.222 e. The van der Waals surface area contributed by atoms with Crippen LogP contribution in [-0.2, 0) is 4.79 Å². The van der Waals surface area contributed by atoms with Gasteiger partial charge in [-0.3, -0.25) is 9.79 Å². The van der Waals surface area contributed by atoms with Crippen LogP contribution >= 0.6 is 24.0 Å². The molecule has 0 spiro atoms. The number of nitrogens with one attached hydrogen (secondary N) is 3. The number of amides is 1. The van der Waals surface area contributed by atoms with Gasteiger partial charge < -0.3 is 20.7 Å². The van der Waals surface area contributed by atoms with Gasteiger partial charge in [0, 0.05) is 31.0 Å². The van der Waals surface area contributed by atoms with Gasteiger partial charge in [-0.15, -0.1) is 24.0 Å². The van der Waals surface area contributed by atoms with Gasteiger partial charge in [0.2, 0.25) is 5.91 Å². The predicted molar refractivity (Wildman–Crippen MR) is 126 cm³/mol. The zero-order valence-electron chi connectivity index (χ0n) is 17.7. The van der Waals surface area contributed by atoms with E-state index < -0.39 is 0 Å². The molecule has 0 saturated carbocycles. The Morgan fingerprint density at radius 2 is 2.04 bits per heavy atom. The Balaban J connectivity index is 0.00000392. The normalized spacial score (nSPS) is 18.8. The van der Waals surface area contributed by atoms with E-state index in [9.17, 15) is 4.79 Å². The SMILES string of the molecule is CCNC(=NCCC(=O)NC(C)CC)NC1CC(C)(C)Oc2ccccc21.I. The molecular weight excluding hydrogens is 467 g/mol. The standard InChI is InChI=1S/C21H34N4O2.HI/c1-6-15(3)24-19(26)12-13-23-20(22-7-2)25-17-14-21(4,5)27-18-11-9-8-10-16(17)18;/h8-11,15,17H,6-7,12-14H2,1-5H3,(H,24,26)(H2,22,23,25);1H. The molecule has 2 rings (SSSR count). The van der Waals surface area contributed by atoms with Gasteiger partial charge in [-0.05, 0) is 40.2 Å². The van der Waals surface area contributed by atoms with Crippen LogP contribution in [0.1, 0.15) is 65.5 Å². The second-order valence-electron chi connectivity index (χ2n) is 7.69. The van der Waals surface area contributed by atoms with Crippen molar-refractivity contribution in [3.8, 4) is 5.75 Å². The number of para-hydroxylation sites is 1. The van der Waals surface area contributed by atoms with Gasteiger partial charge in [-0.2, -0.15) is 0 Å². The summed E-state index contributed by atoms with van der Waals surface area (Å²) < 4.78 is 6.10. The zero-order chi connectivity index (χ0) is 19.9. The Labute approximate surface area is 186 Å². The first-order valence-corrected chi connectivity index (χ1v) is 9.96. The minimum atomic E-state index is -0.250. The average molecular weight is 502 g/mol. The van der Waals surface area contributed by atoms with Crippen molar-refractivity contribution in [2.24, 2.45) is 4.99 Å². The van der Waals surface area contributed by atoms with E-state index in [0.29, 0.717) is 13.0 Å². The number of benzene rings is 1. The highest BCUT2D eigenvalue weighted by molar-refractivity contribution is 14.0. The predicted octanol–water partition coefficient (Wildman–Crippen LogP) is 3.77. The molecule has 158 valence electrons. The molecule has 1 aliphatic rings. The van der Waals surface area contributed by atoms with Gasteiger partial charge in [-0.25, -0.2) is 0 Å². The van der Waals surface area contributed by atoms with Crippen LogP contribution in [0.4, 0.5) is 0 Å². The molecule has 2 unspecified atom stereocenters. The lowest BCUT2D eigenvalue weighted by atomic mass is 9.90. The quantitative estimate of drug-likeness (QED) is 0.302. The molecule has 1 aromatic carbocycles. The molecule has 0 bridgehead atoms. The fourth-order valence-corrected chi connectivity index (χ4v) is 3.13. The Morgan fingerprint density at radius 1 is 1.32 bits per heavy atom. The Kier molecular flexibility index (Phi) is 10.1. The van der Waals surface area contributed by atoms with Crippen LogP contribution in [-0.4, -0.2) is 36.6 Å². The minimum absolute atomic E-state index is 0. The van der Waals surface area contributed by atoms with E-state index in [1.54, 1.807) is 0 Å². The molecule has 0 fully saturated rings. The Hall–Kier alpha value is -1.51. The van der Waals surface area contributed by atoms with E-state index >= 15 is 0 Å². The highest BCUT2D eigenvalue weighted by Crippen LogP contribution is 2.39. The molecule has 6 nitrogen and oxygen atoms in total. The summed E-state index contributed by atoms with van der Waals surface area (Å²) in [7, 11) is 0. The number of nitrogens with zero attached hydrogens (tertiary/aromatic N) is 1. The Morgan fingerprint density at radius 3 is 2.71 bits per heavy atom. The van der Waals surface area contributed by atoms with Crippen LogP contribution in [0.5, 0.6) is 5.75 Å². The second kappa shape index (κ2) is 11.5. The zero-order valence-corrected chi connectivity index (χ0v) is 20.0. The maximum atomic E-state index is 12.0. The molecule has 0 aromatic heterocycles. The lowest BCUT2D eigenvalue weighted by Crippen LogP contribution is -2.45. The van der Waals surface area contributed by atoms with E-state index in [1.807, 2.05) is 32.0 Å². The van der Waals surface area contributed by atoms with E-state index in [4.69, 9.17) is 4.74 Å². The summed E-state index contributed by atoms with van der Waals surface area (Å²) in [6, 6.07) is 8.43. The molecule has 7 heteroatoms. The van der Waals surface area contributed by atoms with Crippen molar-refractivity contribution in [2.75, 3.05) is 13.1 Å². The third kappa shape index (κ3) is 7.48. The number of fused-ring (bicyclic) bond motifs is 1. The van der Waals surface area contributed by atoms with Crippen molar-refractivity contribution < 1.29 is 9.53 Å². The van der Waals surface area contributed by atoms with Gasteiger partial charge in [0.15, 0.2) is 5.96 Å². The molecule has 0 aliphatic carbocycles. The summed E-state index contributed by atoms with van der Waals surface area (Å²) in [5, 5.41) is 9.78. The van der Waals surface area contributed by atoms with Crippen LogP contribution in [0, 0.1) is 0 Å². The first-order chi connectivity index (χ1) is 12.8. The van der Waals surface area contributed by atoms with E-state index in [2.05, 4.69) is 47.8 Å². The largest absolute Gasteiger partial charge is 0.487 e. The van der Waals surface area contributed by atoms with Crippen molar-refractivity contribution >= 4 is 35.8 Å². The smallest absolute Gasteiger partial charge is 0.222 e. The monoisotopic (exact) mass is 502 g/mol. The number of ether oxygens (including phenoxy) is 1. The summed E-state index contributed by atoms with van der Waals surface area (Å²) in [5.41, 5.74) is 0.886. The summed E-state index contributed by atoms with van der Waals surface area (Å²) in [5.74, 6) is 1.68. The number of hydrogen-bond donors (Lipinski definition) is 3. The summed E-state index contributed by atoms with van der Waals surface area (Å²) in [4.78, 5) is 16.5. The highest BCUT2D eigenvalue weighted by atomic mass is 127. The number of carbonyl (C=O) groups excluding carboxylic acids is 1. The number of rotatable bonds is 7. The first-order valence-electron chi connectivity index (χ1n) is 9.96. The minimum Gasteiger partial charge on any atom is -0.487 e. The fraction of sp³-hybridized carbons (Fsp3) is 0.619. The maximum absolute atomic E-state index is 12.0. The van der Waals surface area contributed by atoms with Gasteiger partial charge in [0.1, 0.15) is 11.4 Å². The third-order valence-corrected chi connectivity index (χ3v) is 4.66. The number of carbonyl (C=O) groups is 1. The van der Waals surface area contributed by atoms with Gasteiger partial charge in [-0.1, -0.05) is 25.1 Å². The van der Waals surface area contributed by atoms with Gasteiger partial charge in [0.05, 0.1) is 12.6 Å². The van der Waals surface area contributed by atoms with Gasteiger partial charge >= 0.3 is 0 Å². The van der Waals surface area contributed by atoms with Crippen molar-refractivity contribution in [2.45, 2.75) is 71.6 Å². The molecule has 1 heterocycles. The van der Waals surface area contributed by atoms with Crippen LogP contribution in [0.15, 0.2) is 29.3 Å². The number of halogens is 1. The van der Waals surface area contributed by atoms with Crippen LogP contribution in [0.3, 0.4) is 0 Å². The second-order valence-corrected chi connectivity index (χ2v) is 7.69. The highest BCUT2D eigenvalue weighted by Gasteiger charge is 2.33. The van der Waals surface area contributed by atoms with E-state index in [1.165, 1.54) is 0 Å². The number of aliphatic imine (C=N–C) groups is 1. The molecular formula is C21H35IN4O2. The third-order valence-electron chi connectivity index (χ3n) is 4.66. The Bertz CT molecular complexity index is 664. The van der Waals surface area contributed by atoms with Crippen molar-refractivity contribution in [3.63, 3.8) is 0 Å². The molecule has 1 aliphatic heterocycles. The number of guanidine groups is 1.